The van der Waals surface area contributed by atoms with Crippen LogP contribution >= 0.6 is 0 Å². The highest BCUT2D eigenvalue weighted by Crippen LogP contribution is 2.57. The van der Waals surface area contributed by atoms with Crippen LogP contribution in [-0.4, -0.2) is 30.8 Å². The van der Waals surface area contributed by atoms with Crippen molar-refractivity contribution in [2.24, 2.45) is 5.92 Å². The lowest BCUT2D eigenvalue weighted by Crippen LogP contribution is -2.05. The SMILES string of the molecule is O=C(O)c1nn(-c2cnccn2)c2c1C[C@@H]1C[C@H]21. The summed E-state index contributed by atoms with van der Waals surface area (Å²) >= 11 is 0. The fourth-order valence-corrected chi connectivity index (χ4v) is 2.86. The van der Waals surface area contributed by atoms with Gasteiger partial charge >= 0.3 is 5.97 Å². The molecule has 4 rings (SSSR count). The molecule has 1 saturated carbocycles. The quantitative estimate of drug-likeness (QED) is 0.850. The minimum absolute atomic E-state index is 0.169. The van der Waals surface area contributed by atoms with Crippen LogP contribution < -0.4 is 0 Å². The van der Waals surface area contributed by atoms with Crippen LogP contribution in [0.3, 0.4) is 0 Å². The van der Waals surface area contributed by atoms with Gasteiger partial charge in [0.05, 0.1) is 11.9 Å². The molecular formula is C12H10N4O2. The van der Waals surface area contributed by atoms with E-state index in [2.05, 4.69) is 15.1 Å². The first kappa shape index (κ1) is 9.76. The van der Waals surface area contributed by atoms with Crippen molar-refractivity contribution in [3.63, 3.8) is 0 Å². The van der Waals surface area contributed by atoms with Gasteiger partial charge in [-0.05, 0) is 18.8 Å². The van der Waals surface area contributed by atoms with Crippen molar-refractivity contribution in [3.8, 4) is 5.82 Å². The van der Waals surface area contributed by atoms with E-state index in [1.165, 1.54) is 0 Å². The molecular weight excluding hydrogens is 232 g/mol. The normalized spacial score (nSPS) is 23.6. The van der Waals surface area contributed by atoms with Crippen LogP contribution in [0.4, 0.5) is 0 Å². The molecule has 1 N–H and O–H groups in total. The Balaban J connectivity index is 1.94. The van der Waals surface area contributed by atoms with E-state index in [1.807, 2.05) is 0 Å². The van der Waals surface area contributed by atoms with E-state index in [0.717, 1.165) is 24.1 Å². The zero-order chi connectivity index (χ0) is 12.3. The van der Waals surface area contributed by atoms with Crippen LogP contribution in [0, 0.1) is 5.92 Å². The predicted octanol–water partition coefficient (Wildman–Crippen LogP) is 1.02. The van der Waals surface area contributed by atoms with Gasteiger partial charge in [-0.3, -0.25) is 4.98 Å². The molecule has 2 aliphatic carbocycles. The number of carboxylic acids is 1. The fourth-order valence-electron chi connectivity index (χ4n) is 2.86. The standard InChI is InChI=1S/C12H10N4O2/c17-12(18)10-8-4-6-3-7(6)11(8)16(15-10)9-5-13-1-2-14-9/h1-2,5-7H,3-4H2,(H,17,18)/t6-,7-/m0/s1. The maximum absolute atomic E-state index is 11.2. The Labute approximate surface area is 102 Å². The molecule has 0 radical (unpaired) electrons. The van der Waals surface area contributed by atoms with E-state index >= 15 is 0 Å². The average Bonchev–Trinajstić information content (AvgIpc) is 2.88. The Kier molecular flexibility index (Phi) is 1.71. The number of rotatable bonds is 2. The summed E-state index contributed by atoms with van der Waals surface area (Å²) in [5, 5.41) is 13.4. The Hall–Kier alpha value is -2.24. The minimum atomic E-state index is -0.963. The van der Waals surface area contributed by atoms with E-state index in [0.29, 0.717) is 17.7 Å². The molecule has 2 aromatic heterocycles. The van der Waals surface area contributed by atoms with Gasteiger partial charge in [-0.2, -0.15) is 5.10 Å². The van der Waals surface area contributed by atoms with Gasteiger partial charge in [-0.25, -0.2) is 14.5 Å². The van der Waals surface area contributed by atoms with Crippen molar-refractivity contribution in [2.75, 3.05) is 0 Å². The molecule has 0 amide bonds. The van der Waals surface area contributed by atoms with E-state index in [9.17, 15) is 9.90 Å². The smallest absolute Gasteiger partial charge is 0.356 e. The first-order valence-corrected chi connectivity index (χ1v) is 5.87. The van der Waals surface area contributed by atoms with Gasteiger partial charge in [0.25, 0.3) is 0 Å². The van der Waals surface area contributed by atoms with Crippen LogP contribution in [0.15, 0.2) is 18.6 Å². The topological polar surface area (TPSA) is 80.9 Å². The van der Waals surface area contributed by atoms with Crippen LogP contribution in [0.25, 0.3) is 5.82 Å². The van der Waals surface area contributed by atoms with Gasteiger partial charge in [0.2, 0.25) is 0 Å². The van der Waals surface area contributed by atoms with Crippen molar-refractivity contribution < 1.29 is 9.90 Å². The number of nitrogens with zero attached hydrogens (tertiary/aromatic N) is 4. The molecule has 2 aromatic rings. The number of aromatic carboxylic acids is 1. The molecule has 0 spiro atoms. The summed E-state index contributed by atoms with van der Waals surface area (Å²) in [5.41, 5.74) is 2.08. The first-order valence-electron chi connectivity index (χ1n) is 5.87. The largest absolute Gasteiger partial charge is 0.476 e. The molecule has 6 nitrogen and oxygen atoms in total. The number of carboxylic acid groups (broad SMARTS) is 1. The number of carbonyl (C=O) groups is 1. The summed E-state index contributed by atoms with van der Waals surface area (Å²) in [6.07, 6.45) is 6.75. The lowest BCUT2D eigenvalue weighted by molar-refractivity contribution is 0.0688. The lowest BCUT2D eigenvalue weighted by atomic mass is 10.1. The molecule has 0 aliphatic heterocycles. The number of aromatic nitrogens is 4. The third-order valence-corrected chi connectivity index (χ3v) is 3.73. The summed E-state index contributed by atoms with van der Waals surface area (Å²) in [4.78, 5) is 19.4. The highest BCUT2D eigenvalue weighted by molar-refractivity contribution is 5.88. The Morgan fingerprint density at radius 2 is 2.33 bits per heavy atom. The van der Waals surface area contributed by atoms with Crippen molar-refractivity contribution in [1.82, 2.24) is 19.7 Å². The van der Waals surface area contributed by atoms with E-state index in [4.69, 9.17) is 0 Å². The molecule has 2 atom stereocenters. The molecule has 6 heteroatoms. The van der Waals surface area contributed by atoms with Crippen LogP contribution in [-0.2, 0) is 6.42 Å². The van der Waals surface area contributed by atoms with Gasteiger partial charge < -0.3 is 5.11 Å². The Bertz CT molecular complexity index is 650. The molecule has 2 heterocycles. The molecule has 0 unspecified atom stereocenters. The highest BCUT2D eigenvalue weighted by Gasteiger charge is 2.50. The fraction of sp³-hybridized carbons (Fsp3) is 0.333. The van der Waals surface area contributed by atoms with Gasteiger partial charge in [-0.15, -0.1) is 0 Å². The zero-order valence-corrected chi connectivity index (χ0v) is 9.45. The second-order valence-electron chi connectivity index (χ2n) is 4.80. The molecule has 1 fully saturated rings. The monoisotopic (exact) mass is 242 g/mol. The molecule has 0 bridgehead atoms. The first-order chi connectivity index (χ1) is 8.75. The van der Waals surface area contributed by atoms with E-state index in [-0.39, 0.29) is 5.69 Å². The van der Waals surface area contributed by atoms with E-state index in [1.54, 1.807) is 23.3 Å². The second-order valence-corrected chi connectivity index (χ2v) is 4.80. The molecule has 18 heavy (non-hydrogen) atoms. The van der Waals surface area contributed by atoms with Gasteiger partial charge in [0.15, 0.2) is 11.5 Å². The predicted molar refractivity (Wildman–Crippen MR) is 60.7 cm³/mol. The van der Waals surface area contributed by atoms with Crippen molar-refractivity contribution in [3.05, 3.63) is 35.5 Å². The molecule has 90 valence electrons. The zero-order valence-electron chi connectivity index (χ0n) is 9.45. The average molecular weight is 242 g/mol. The van der Waals surface area contributed by atoms with Crippen molar-refractivity contribution in [2.45, 2.75) is 18.8 Å². The summed E-state index contributed by atoms with van der Waals surface area (Å²) in [6, 6.07) is 0. The minimum Gasteiger partial charge on any atom is -0.476 e. The Morgan fingerprint density at radius 3 is 3.06 bits per heavy atom. The van der Waals surface area contributed by atoms with Crippen LogP contribution in [0.5, 0.6) is 0 Å². The summed E-state index contributed by atoms with van der Waals surface area (Å²) in [5.74, 6) is 0.700. The van der Waals surface area contributed by atoms with Crippen LogP contribution in [0.2, 0.25) is 0 Å². The third-order valence-electron chi connectivity index (χ3n) is 3.73. The van der Waals surface area contributed by atoms with E-state index < -0.39 is 5.97 Å². The molecule has 0 aromatic carbocycles. The molecule has 0 saturated heterocycles. The number of hydrogen-bond donors (Lipinski definition) is 1. The third kappa shape index (κ3) is 1.17. The molecule has 2 aliphatic rings. The number of fused-ring (bicyclic) bond motifs is 3. The maximum Gasteiger partial charge on any atom is 0.356 e. The second kappa shape index (κ2) is 3.16. The maximum atomic E-state index is 11.2. The Morgan fingerprint density at radius 1 is 1.44 bits per heavy atom. The number of hydrogen-bond acceptors (Lipinski definition) is 4. The van der Waals surface area contributed by atoms with Gasteiger partial charge in [-0.1, -0.05) is 0 Å². The highest BCUT2D eigenvalue weighted by atomic mass is 16.4. The van der Waals surface area contributed by atoms with Crippen molar-refractivity contribution >= 4 is 5.97 Å². The van der Waals surface area contributed by atoms with Gasteiger partial charge in [0, 0.05) is 23.9 Å². The van der Waals surface area contributed by atoms with Crippen LogP contribution in [0.1, 0.15) is 34.1 Å². The summed E-state index contributed by atoms with van der Waals surface area (Å²) in [6.45, 7) is 0. The summed E-state index contributed by atoms with van der Waals surface area (Å²) in [7, 11) is 0. The van der Waals surface area contributed by atoms with Crippen molar-refractivity contribution in [1.29, 1.82) is 0 Å². The lowest BCUT2D eigenvalue weighted by Gasteiger charge is -2.03. The summed E-state index contributed by atoms with van der Waals surface area (Å²) < 4.78 is 1.66. The van der Waals surface area contributed by atoms with Gasteiger partial charge in [0.1, 0.15) is 0 Å².